The van der Waals surface area contributed by atoms with Crippen LogP contribution in [0.1, 0.15) is 39.1 Å². The van der Waals surface area contributed by atoms with E-state index in [1.54, 1.807) is 18.7 Å². The number of hydrogen-bond acceptors (Lipinski definition) is 5. The number of nitrogens with zero attached hydrogens (tertiary/aromatic N) is 2. The summed E-state index contributed by atoms with van der Waals surface area (Å²) in [4.78, 5) is 12.4. The first-order valence-corrected chi connectivity index (χ1v) is 15.3. The zero-order valence-corrected chi connectivity index (χ0v) is 22.1. The van der Waals surface area contributed by atoms with Crippen molar-refractivity contribution < 1.29 is 9.22 Å². The first-order chi connectivity index (χ1) is 14.5. The molecule has 2 aromatic carbocycles. The number of rotatable bonds is 7. The molecule has 0 radical (unpaired) electrons. The maximum Gasteiger partial charge on any atom is 0.250 e. The molecule has 3 aromatic rings. The van der Waals surface area contributed by atoms with Crippen LogP contribution in [-0.4, -0.2) is 23.2 Å². The lowest BCUT2D eigenvalue weighted by atomic mass is 10.1. The summed E-state index contributed by atoms with van der Waals surface area (Å²) in [6, 6.07) is 15.0. The summed E-state index contributed by atoms with van der Waals surface area (Å²) in [6.07, 6.45) is 0. The average molecular weight is 473 g/mol. The van der Waals surface area contributed by atoms with E-state index in [1.807, 2.05) is 11.7 Å². The lowest BCUT2D eigenvalue weighted by Crippen LogP contribution is -2.43. The Morgan fingerprint density at radius 2 is 1.84 bits per heavy atom. The van der Waals surface area contributed by atoms with Gasteiger partial charge in [0.15, 0.2) is 5.12 Å². The standard InChI is InChI=1S/C24H32N2O2S2Si/c1-17(27)29-15-19-13-20(26(5)25-19)16-30-21-12-18-10-8-9-11-22(18)23(14-21)28-31(6,7)24(2,3)4/h8-14H,15-16H2,1-7H3. The van der Waals surface area contributed by atoms with Crippen LogP contribution in [-0.2, 0) is 23.3 Å². The van der Waals surface area contributed by atoms with Gasteiger partial charge in [0.05, 0.1) is 5.69 Å². The van der Waals surface area contributed by atoms with Crippen molar-refractivity contribution >= 4 is 47.7 Å². The van der Waals surface area contributed by atoms with Gasteiger partial charge >= 0.3 is 0 Å². The number of carbonyl (C=O) groups is 1. The fourth-order valence-corrected chi connectivity index (χ4v) is 5.46. The molecule has 1 heterocycles. The van der Waals surface area contributed by atoms with Crippen molar-refractivity contribution in [1.29, 1.82) is 0 Å². The quantitative estimate of drug-likeness (QED) is 0.273. The minimum Gasteiger partial charge on any atom is -0.543 e. The van der Waals surface area contributed by atoms with Crippen molar-refractivity contribution in [3.8, 4) is 5.75 Å². The van der Waals surface area contributed by atoms with Crippen molar-refractivity contribution in [2.45, 2.75) is 62.2 Å². The second-order valence-corrected chi connectivity index (χ2v) is 16.3. The van der Waals surface area contributed by atoms with Crippen LogP contribution in [0.2, 0.25) is 18.1 Å². The molecular weight excluding hydrogens is 440 g/mol. The lowest BCUT2D eigenvalue weighted by Gasteiger charge is -2.37. The molecular formula is C24H32N2O2S2Si. The minimum absolute atomic E-state index is 0.118. The minimum atomic E-state index is -1.95. The molecule has 0 amide bonds. The van der Waals surface area contributed by atoms with Crippen LogP contribution in [0.15, 0.2) is 47.4 Å². The van der Waals surface area contributed by atoms with Crippen LogP contribution in [0.3, 0.4) is 0 Å². The molecule has 0 spiro atoms. The van der Waals surface area contributed by atoms with E-state index in [9.17, 15) is 4.79 Å². The predicted octanol–water partition coefficient (Wildman–Crippen LogP) is 7.03. The smallest absolute Gasteiger partial charge is 0.250 e. The van der Waals surface area contributed by atoms with Crippen LogP contribution in [0, 0.1) is 0 Å². The summed E-state index contributed by atoms with van der Waals surface area (Å²) in [7, 11) is 0.0124. The van der Waals surface area contributed by atoms with Gasteiger partial charge in [0.25, 0.3) is 8.32 Å². The first kappa shape index (κ1) is 23.9. The van der Waals surface area contributed by atoms with Crippen molar-refractivity contribution in [3.63, 3.8) is 0 Å². The third kappa shape index (κ3) is 5.96. The van der Waals surface area contributed by atoms with Crippen LogP contribution in [0.5, 0.6) is 5.75 Å². The van der Waals surface area contributed by atoms with Crippen LogP contribution < -0.4 is 4.43 Å². The summed E-state index contributed by atoms with van der Waals surface area (Å²) < 4.78 is 8.64. The normalized spacial score (nSPS) is 12.4. The van der Waals surface area contributed by atoms with E-state index >= 15 is 0 Å². The Bertz CT molecular complexity index is 1090. The molecule has 7 heteroatoms. The molecule has 166 valence electrons. The van der Waals surface area contributed by atoms with Crippen molar-refractivity contribution in [1.82, 2.24) is 9.78 Å². The molecule has 4 nitrogen and oxygen atoms in total. The number of fused-ring (bicyclic) bond motifs is 1. The number of benzene rings is 2. The van der Waals surface area contributed by atoms with E-state index in [0.717, 1.165) is 22.9 Å². The SMILES string of the molecule is CC(=O)SCc1cc(CSc2cc(O[Si](C)(C)C(C)(C)C)c3ccccc3c2)n(C)n1. The molecule has 0 fully saturated rings. The van der Waals surface area contributed by atoms with Crippen molar-refractivity contribution in [3.05, 3.63) is 53.9 Å². The molecule has 0 saturated carbocycles. The van der Waals surface area contributed by atoms with Gasteiger partial charge in [-0.2, -0.15) is 5.10 Å². The summed E-state index contributed by atoms with van der Waals surface area (Å²) in [5, 5.41) is 7.17. The second-order valence-electron chi connectivity index (χ2n) is 9.32. The number of carbonyl (C=O) groups excluding carboxylic acids is 1. The zero-order valence-electron chi connectivity index (χ0n) is 19.5. The van der Waals surface area contributed by atoms with E-state index < -0.39 is 8.32 Å². The van der Waals surface area contributed by atoms with Gasteiger partial charge in [-0.1, -0.05) is 56.8 Å². The van der Waals surface area contributed by atoms with Crippen LogP contribution >= 0.6 is 23.5 Å². The molecule has 0 saturated heterocycles. The summed E-state index contributed by atoms with van der Waals surface area (Å²) in [5.41, 5.74) is 2.09. The van der Waals surface area contributed by atoms with Crippen molar-refractivity contribution in [2.24, 2.45) is 7.05 Å². The molecule has 0 unspecified atom stereocenters. The Balaban J connectivity index is 1.84. The monoisotopic (exact) mass is 472 g/mol. The Hall–Kier alpha value is -1.70. The molecule has 0 N–H and O–H groups in total. The molecule has 0 bridgehead atoms. The van der Waals surface area contributed by atoms with Gasteiger partial charge in [-0.05, 0) is 41.7 Å². The highest BCUT2D eigenvalue weighted by molar-refractivity contribution is 8.12. The fourth-order valence-electron chi connectivity index (χ4n) is 2.95. The second kappa shape index (κ2) is 9.43. The van der Waals surface area contributed by atoms with E-state index in [-0.39, 0.29) is 10.2 Å². The van der Waals surface area contributed by atoms with E-state index in [2.05, 4.69) is 81.4 Å². The highest BCUT2D eigenvalue weighted by atomic mass is 32.2. The lowest BCUT2D eigenvalue weighted by molar-refractivity contribution is -0.109. The predicted molar refractivity (Wildman–Crippen MR) is 137 cm³/mol. The Labute approximate surface area is 195 Å². The Morgan fingerprint density at radius 3 is 2.52 bits per heavy atom. The topological polar surface area (TPSA) is 44.1 Å². The third-order valence-corrected chi connectivity index (χ3v) is 12.0. The van der Waals surface area contributed by atoms with Crippen LogP contribution in [0.4, 0.5) is 0 Å². The maximum absolute atomic E-state index is 11.2. The van der Waals surface area contributed by atoms with Gasteiger partial charge in [-0.15, -0.1) is 11.8 Å². The molecule has 0 aliphatic rings. The summed E-state index contributed by atoms with van der Waals surface area (Å²) in [6.45, 7) is 13.0. The largest absolute Gasteiger partial charge is 0.543 e. The Morgan fingerprint density at radius 1 is 1.13 bits per heavy atom. The van der Waals surface area contributed by atoms with Gasteiger partial charge in [0.1, 0.15) is 5.75 Å². The van der Waals surface area contributed by atoms with Crippen molar-refractivity contribution in [2.75, 3.05) is 0 Å². The number of aromatic nitrogens is 2. The summed E-state index contributed by atoms with van der Waals surface area (Å²) >= 11 is 3.09. The molecule has 0 atom stereocenters. The molecule has 3 rings (SSSR count). The van der Waals surface area contributed by atoms with Gasteiger partial charge in [-0.3, -0.25) is 9.48 Å². The molecule has 0 aliphatic carbocycles. The first-order valence-electron chi connectivity index (χ1n) is 10.5. The number of thioether (sulfide) groups is 2. The maximum atomic E-state index is 11.2. The molecule has 1 aromatic heterocycles. The highest BCUT2D eigenvalue weighted by Gasteiger charge is 2.39. The van der Waals surface area contributed by atoms with Gasteiger partial charge in [0, 0.05) is 41.5 Å². The van der Waals surface area contributed by atoms with Gasteiger partial charge < -0.3 is 4.43 Å². The molecule has 31 heavy (non-hydrogen) atoms. The van der Waals surface area contributed by atoms with E-state index in [1.165, 1.54) is 27.4 Å². The fraction of sp³-hybridized carbons (Fsp3) is 0.417. The number of aryl methyl sites for hydroxylation is 1. The highest BCUT2D eigenvalue weighted by Crippen LogP contribution is 2.41. The van der Waals surface area contributed by atoms with Crippen LogP contribution in [0.25, 0.3) is 10.8 Å². The van der Waals surface area contributed by atoms with Gasteiger partial charge in [-0.25, -0.2) is 0 Å². The van der Waals surface area contributed by atoms with E-state index in [4.69, 9.17) is 4.43 Å². The van der Waals surface area contributed by atoms with E-state index in [0.29, 0.717) is 5.75 Å². The third-order valence-electron chi connectivity index (χ3n) is 5.81. The Kier molecular flexibility index (Phi) is 7.28. The zero-order chi connectivity index (χ0) is 22.8. The summed E-state index contributed by atoms with van der Waals surface area (Å²) in [5.74, 6) is 2.41. The number of hydrogen-bond donors (Lipinski definition) is 0. The molecule has 0 aliphatic heterocycles. The van der Waals surface area contributed by atoms with Gasteiger partial charge in [0.2, 0.25) is 0 Å². The average Bonchev–Trinajstić information content (AvgIpc) is 3.03.